The summed E-state index contributed by atoms with van der Waals surface area (Å²) in [6.07, 6.45) is 0.340. The maximum atomic E-state index is 12.4. The Morgan fingerprint density at radius 2 is 2.23 bits per heavy atom. The zero-order chi connectivity index (χ0) is 9.68. The fourth-order valence-corrected chi connectivity index (χ4v) is 1.81. The first-order valence-electron chi connectivity index (χ1n) is 4.94. The minimum atomic E-state index is -2.15. The predicted octanol–water partition coefficient (Wildman–Crippen LogP) is 1.31. The third-order valence-corrected chi connectivity index (χ3v) is 2.58. The van der Waals surface area contributed by atoms with Crippen LogP contribution in [-0.2, 0) is 0 Å². The van der Waals surface area contributed by atoms with Crippen LogP contribution in [0.3, 0.4) is 0 Å². The van der Waals surface area contributed by atoms with Crippen molar-refractivity contribution < 1.29 is 8.78 Å². The number of hydrogen-bond acceptors (Lipinski definition) is 2. The van der Waals surface area contributed by atoms with Crippen LogP contribution >= 0.6 is 0 Å². The van der Waals surface area contributed by atoms with Crippen molar-refractivity contribution in [3.63, 3.8) is 0 Å². The number of halogens is 2. The van der Waals surface area contributed by atoms with E-state index >= 15 is 0 Å². The number of rotatable bonds is 4. The molecular formula is C9H18F2N2. The smallest absolute Gasteiger partial charge is 0.242 e. The van der Waals surface area contributed by atoms with Gasteiger partial charge in [0.15, 0.2) is 0 Å². The van der Waals surface area contributed by atoms with E-state index in [4.69, 9.17) is 5.73 Å². The Morgan fingerprint density at radius 3 is 2.85 bits per heavy atom. The lowest BCUT2D eigenvalue weighted by Gasteiger charge is -2.32. The fourth-order valence-electron chi connectivity index (χ4n) is 1.81. The summed E-state index contributed by atoms with van der Waals surface area (Å²) in [7, 11) is 0. The van der Waals surface area contributed by atoms with Crippen LogP contribution in [0.25, 0.3) is 0 Å². The van der Waals surface area contributed by atoms with Crippen LogP contribution in [-0.4, -0.2) is 37.5 Å². The quantitative estimate of drug-likeness (QED) is 0.727. The molecule has 0 bridgehead atoms. The molecule has 2 N–H and O–H groups in total. The minimum absolute atomic E-state index is 0.411. The Kier molecular flexibility index (Phi) is 4.59. The van der Waals surface area contributed by atoms with Gasteiger partial charge in [-0.3, -0.25) is 0 Å². The summed E-state index contributed by atoms with van der Waals surface area (Å²) in [5.74, 6) is -0.411. The number of alkyl halides is 2. The molecule has 1 unspecified atom stereocenters. The highest BCUT2D eigenvalue weighted by Gasteiger charge is 2.26. The van der Waals surface area contributed by atoms with Crippen LogP contribution in [0.2, 0.25) is 0 Å². The van der Waals surface area contributed by atoms with E-state index in [1.807, 2.05) is 0 Å². The van der Waals surface area contributed by atoms with Crippen molar-refractivity contribution >= 4 is 0 Å². The molecule has 0 spiro atoms. The predicted molar refractivity (Wildman–Crippen MR) is 48.8 cm³/mol. The molecule has 0 amide bonds. The molecular weight excluding hydrogens is 174 g/mol. The van der Waals surface area contributed by atoms with Gasteiger partial charge in [0.25, 0.3) is 0 Å². The molecule has 13 heavy (non-hydrogen) atoms. The molecule has 1 aliphatic rings. The van der Waals surface area contributed by atoms with E-state index in [-0.39, 0.29) is 0 Å². The summed E-state index contributed by atoms with van der Waals surface area (Å²) >= 11 is 0. The van der Waals surface area contributed by atoms with Crippen LogP contribution in [0, 0.1) is 5.92 Å². The van der Waals surface area contributed by atoms with Crippen molar-refractivity contribution in [2.45, 2.75) is 25.7 Å². The maximum absolute atomic E-state index is 12.4. The zero-order valence-electron chi connectivity index (χ0n) is 7.88. The van der Waals surface area contributed by atoms with Gasteiger partial charge in [0.2, 0.25) is 6.43 Å². The molecule has 1 saturated heterocycles. The van der Waals surface area contributed by atoms with Gasteiger partial charge in [0.1, 0.15) is 0 Å². The second kappa shape index (κ2) is 5.50. The van der Waals surface area contributed by atoms with Gasteiger partial charge in [-0.25, -0.2) is 8.78 Å². The van der Waals surface area contributed by atoms with Gasteiger partial charge in [0.05, 0.1) is 0 Å². The first-order chi connectivity index (χ1) is 6.24. The molecule has 1 atom stereocenters. The van der Waals surface area contributed by atoms with Gasteiger partial charge in [-0.05, 0) is 38.9 Å². The Bertz CT molecular complexity index is 142. The molecule has 78 valence electrons. The molecule has 0 aliphatic carbocycles. The van der Waals surface area contributed by atoms with Crippen LogP contribution < -0.4 is 5.73 Å². The van der Waals surface area contributed by atoms with Crippen LogP contribution in [0.1, 0.15) is 19.3 Å². The second-order valence-electron chi connectivity index (χ2n) is 3.68. The summed E-state index contributed by atoms with van der Waals surface area (Å²) in [4.78, 5) is 2.10. The number of nitrogens with zero attached hydrogens (tertiary/aromatic N) is 1. The topological polar surface area (TPSA) is 29.3 Å². The largest absolute Gasteiger partial charge is 0.330 e. The van der Waals surface area contributed by atoms with Gasteiger partial charge in [-0.1, -0.05) is 0 Å². The Morgan fingerprint density at radius 1 is 1.46 bits per heavy atom. The zero-order valence-corrected chi connectivity index (χ0v) is 7.88. The first kappa shape index (κ1) is 10.9. The first-order valence-corrected chi connectivity index (χ1v) is 4.94. The third-order valence-electron chi connectivity index (χ3n) is 2.58. The van der Waals surface area contributed by atoms with Gasteiger partial charge >= 0.3 is 0 Å². The van der Waals surface area contributed by atoms with Gasteiger partial charge in [-0.2, -0.15) is 0 Å². The normalized spacial score (nSPS) is 25.4. The molecule has 0 radical (unpaired) electrons. The van der Waals surface area contributed by atoms with E-state index in [9.17, 15) is 8.78 Å². The molecule has 1 heterocycles. The summed E-state index contributed by atoms with van der Waals surface area (Å²) in [6, 6.07) is 0. The summed E-state index contributed by atoms with van der Waals surface area (Å²) in [5, 5.41) is 0. The average Bonchev–Trinajstić information content (AvgIpc) is 2.15. The van der Waals surface area contributed by atoms with Gasteiger partial charge in [-0.15, -0.1) is 0 Å². The van der Waals surface area contributed by atoms with E-state index in [0.717, 1.165) is 25.9 Å². The fraction of sp³-hybridized carbons (Fsp3) is 1.00. The standard InChI is InChI=1S/C9H18F2N2/c10-9(11)8-3-1-5-13(7-8)6-2-4-12/h8-9H,1-7,12H2. The number of likely N-dealkylation sites (tertiary alicyclic amines) is 1. The van der Waals surface area contributed by atoms with E-state index in [0.29, 0.717) is 19.5 Å². The molecule has 0 aromatic rings. The lowest BCUT2D eigenvalue weighted by Crippen LogP contribution is -2.39. The highest BCUT2D eigenvalue weighted by molar-refractivity contribution is 4.74. The second-order valence-corrected chi connectivity index (χ2v) is 3.68. The average molecular weight is 192 g/mol. The Labute approximate surface area is 78.1 Å². The van der Waals surface area contributed by atoms with Crippen LogP contribution in [0.5, 0.6) is 0 Å². The highest BCUT2D eigenvalue weighted by Crippen LogP contribution is 2.22. The monoisotopic (exact) mass is 192 g/mol. The third kappa shape index (κ3) is 3.56. The molecule has 2 nitrogen and oxygen atoms in total. The highest BCUT2D eigenvalue weighted by atomic mass is 19.3. The van der Waals surface area contributed by atoms with Crippen molar-refractivity contribution in [1.82, 2.24) is 4.90 Å². The number of hydrogen-bond donors (Lipinski definition) is 1. The summed E-state index contributed by atoms with van der Waals surface area (Å²) in [6.45, 7) is 3.04. The molecule has 1 aliphatic heterocycles. The molecule has 0 aromatic carbocycles. The van der Waals surface area contributed by atoms with E-state index in [2.05, 4.69) is 4.90 Å². The molecule has 4 heteroatoms. The Balaban J connectivity index is 2.25. The van der Waals surface area contributed by atoms with Crippen molar-refractivity contribution in [3.05, 3.63) is 0 Å². The lowest BCUT2D eigenvalue weighted by molar-refractivity contribution is 0.0276. The van der Waals surface area contributed by atoms with Crippen molar-refractivity contribution in [3.8, 4) is 0 Å². The van der Waals surface area contributed by atoms with Gasteiger partial charge < -0.3 is 10.6 Å². The molecule has 1 rings (SSSR count). The lowest BCUT2D eigenvalue weighted by atomic mass is 9.98. The van der Waals surface area contributed by atoms with Gasteiger partial charge in [0, 0.05) is 12.5 Å². The van der Waals surface area contributed by atoms with Crippen LogP contribution in [0.4, 0.5) is 8.78 Å². The summed E-state index contributed by atoms with van der Waals surface area (Å²) < 4.78 is 24.7. The van der Waals surface area contributed by atoms with Crippen molar-refractivity contribution in [1.29, 1.82) is 0 Å². The van der Waals surface area contributed by atoms with E-state index in [1.165, 1.54) is 0 Å². The van der Waals surface area contributed by atoms with E-state index in [1.54, 1.807) is 0 Å². The number of nitrogens with two attached hydrogens (primary N) is 1. The number of piperidine rings is 1. The van der Waals surface area contributed by atoms with Crippen molar-refractivity contribution in [2.24, 2.45) is 11.7 Å². The Hall–Kier alpha value is -0.220. The van der Waals surface area contributed by atoms with E-state index < -0.39 is 12.3 Å². The SMILES string of the molecule is NCCCN1CCCC(C(F)F)C1. The maximum Gasteiger partial charge on any atom is 0.242 e. The minimum Gasteiger partial charge on any atom is -0.330 e. The van der Waals surface area contributed by atoms with Crippen molar-refractivity contribution in [2.75, 3.05) is 26.2 Å². The summed E-state index contributed by atoms with van der Waals surface area (Å²) in [5.41, 5.74) is 5.37. The molecule has 0 aromatic heterocycles. The molecule has 1 fully saturated rings. The molecule has 0 saturated carbocycles. The van der Waals surface area contributed by atoms with Crippen LogP contribution in [0.15, 0.2) is 0 Å².